The van der Waals surface area contributed by atoms with Crippen molar-refractivity contribution in [2.24, 2.45) is 0 Å². The summed E-state index contributed by atoms with van der Waals surface area (Å²) in [4.78, 5) is 24.6. The van der Waals surface area contributed by atoms with Gasteiger partial charge in [-0.05, 0) is 26.7 Å². The molecule has 1 aliphatic rings. The van der Waals surface area contributed by atoms with Crippen LogP contribution in [0.15, 0.2) is 0 Å². The van der Waals surface area contributed by atoms with Gasteiger partial charge >= 0.3 is 6.09 Å². The van der Waals surface area contributed by atoms with Crippen LogP contribution >= 0.6 is 0 Å². The van der Waals surface area contributed by atoms with Crippen molar-refractivity contribution in [3.05, 3.63) is 0 Å². The Bertz CT molecular complexity index is 224. The second-order valence-electron chi connectivity index (χ2n) is 3.44. The molecule has 5 nitrogen and oxygen atoms in total. The zero-order valence-corrected chi connectivity index (χ0v) is 9.28. The van der Waals surface area contributed by atoms with Crippen molar-refractivity contribution >= 4 is 12.0 Å². The summed E-state index contributed by atoms with van der Waals surface area (Å²) in [5.74, 6) is -0.0805. The zero-order chi connectivity index (χ0) is 11.3. The van der Waals surface area contributed by atoms with Crippen molar-refractivity contribution in [3.8, 4) is 0 Å². The molecule has 0 saturated carbocycles. The molecule has 0 bridgehead atoms. The van der Waals surface area contributed by atoms with E-state index in [0.29, 0.717) is 19.7 Å². The molecule has 1 saturated heterocycles. The van der Waals surface area contributed by atoms with Gasteiger partial charge < -0.3 is 10.1 Å². The quantitative estimate of drug-likeness (QED) is 0.765. The number of nitrogens with zero attached hydrogens (tertiary/aromatic N) is 1. The minimum Gasteiger partial charge on any atom is -0.450 e. The fraction of sp³-hybridized carbons (Fsp3) is 0.800. The van der Waals surface area contributed by atoms with Gasteiger partial charge in [-0.3, -0.25) is 9.69 Å². The predicted molar refractivity (Wildman–Crippen MR) is 57.5 cm³/mol. The summed E-state index contributed by atoms with van der Waals surface area (Å²) < 4.78 is 4.89. The van der Waals surface area contributed by atoms with Crippen LogP contribution in [0.1, 0.15) is 28.1 Å². The first kappa shape index (κ1) is 11.8. The first-order valence-electron chi connectivity index (χ1n) is 5.41. The highest BCUT2D eigenvalue weighted by Gasteiger charge is 2.34. The van der Waals surface area contributed by atoms with Gasteiger partial charge in [0, 0.05) is 14.5 Å². The summed E-state index contributed by atoms with van der Waals surface area (Å²) in [6.45, 7) is 5.17. The number of amides is 2. The second-order valence-corrected chi connectivity index (χ2v) is 3.44. The lowest BCUT2D eigenvalue weighted by Gasteiger charge is -2.22. The number of likely N-dealkylation sites (N-methyl/N-ethyl adjacent to an activating group) is 1. The van der Waals surface area contributed by atoms with E-state index in [-0.39, 0.29) is 19.5 Å². The molecule has 15 heavy (non-hydrogen) atoms. The molecule has 5 heteroatoms. The van der Waals surface area contributed by atoms with Crippen molar-refractivity contribution in [2.75, 3.05) is 19.7 Å². The van der Waals surface area contributed by atoms with Crippen LogP contribution in [0.2, 0.25) is 0 Å². The average molecular weight is 216 g/mol. The van der Waals surface area contributed by atoms with Gasteiger partial charge in [-0.25, -0.2) is 4.79 Å². The smallest absolute Gasteiger partial charge is 0.410 e. The van der Waals surface area contributed by atoms with Crippen LogP contribution < -0.4 is 5.32 Å². The molecule has 0 aromatic carbocycles. The van der Waals surface area contributed by atoms with Crippen LogP contribution in [-0.2, 0) is 9.53 Å². The number of carbonyl (C=O) groups excluding carboxylic acids is 2. The second kappa shape index (κ2) is 5.58. The Kier molecular flexibility index (Phi) is 4.39. The fourth-order valence-corrected chi connectivity index (χ4v) is 1.76. The van der Waals surface area contributed by atoms with Gasteiger partial charge in [0.1, 0.15) is 6.04 Å². The van der Waals surface area contributed by atoms with Crippen LogP contribution in [0.3, 0.4) is 0 Å². The van der Waals surface area contributed by atoms with E-state index in [4.69, 9.17) is 4.74 Å². The van der Waals surface area contributed by atoms with Gasteiger partial charge in [0.2, 0.25) is 5.91 Å². The molecule has 2 amide bonds. The van der Waals surface area contributed by atoms with E-state index in [1.165, 1.54) is 4.90 Å². The van der Waals surface area contributed by atoms with Crippen LogP contribution in [0, 0.1) is 0 Å². The van der Waals surface area contributed by atoms with Crippen LogP contribution in [0.5, 0.6) is 0 Å². The van der Waals surface area contributed by atoms with Crippen LogP contribution in [0.25, 0.3) is 0 Å². The number of hydrogen-bond donors (Lipinski definition) is 1. The summed E-state index contributed by atoms with van der Waals surface area (Å²) in [6.07, 6.45) is 1.21. The minimum absolute atomic E-state index is 0. The van der Waals surface area contributed by atoms with Gasteiger partial charge in [0.05, 0.1) is 6.61 Å². The number of carbonyl (C=O) groups is 2. The number of hydrogen-bond acceptors (Lipinski definition) is 3. The third kappa shape index (κ3) is 2.84. The summed E-state index contributed by atoms with van der Waals surface area (Å²) in [5.41, 5.74) is 0. The molecule has 1 rings (SSSR count). The molecule has 88 valence electrons. The topological polar surface area (TPSA) is 58.6 Å². The Morgan fingerprint density at radius 1 is 1.53 bits per heavy atom. The van der Waals surface area contributed by atoms with Crippen LogP contribution in [0.4, 0.5) is 4.79 Å². The van der Waals surface area contributed by atoms with Gasteiger partial charge in [-0.2, -0.15) is 0 Å². The maximum atomic E-state index is 11.6. The fourth-order valence-electron chi connectivity index (χ4n) is 1.76. The number of nitrogens with one attached hydrogen (secondary N) is 1. The first-order chi connectivity index (χ1) is 7.20. The lowest BCUT2D eigenvalue weighted by Crippen LogP contribution is -2.46. The van der Waals surface area contributed by atoms with E-state index in [2.05, 4.69) is 5.32 Å². The number of likely N-dealkylation sites (tertiary alicyclic amines) is 1. The molecule has 0 aliphatic carbocycles. The predicted octanol–water partition coefficient (Wildman–Crippen LogP) is 0.989. The van der Waals surface area contributed by atoms with Gasteiger partial charge in [0.15, 0.2) is 0 Å². The zero-order valence-electron chi connectivity index (χ0n) is 9.28. The summed E-state index contributed by atoms with van der Waals surface area (Å²) in [7, 11) is 0. The van der Waals surface area contributed by atoms with Crippen molar-refractivity contribution < 1.29 is 15.8 Å². The molecular formula is C10H20N2O3. The van der Waals surface area contributed by atoms with Crippen LogP contribution in [-0.4, -0.2) is 42.6 Å². The highest BCUT2D eigenvalue weighted by Crippen LogP contribution is 2.18. The summed E-state index contributed by atoms with van der Waals surface area (Å²) in [5, 5.41) is 2.73. The summed E-state index contributed by atoms with van der Waals surface area (Å²) >= 11 is 0. The molecule has 0 radical (unpaired) electrons. The monoisotopic (exact) mass is 216 g/mol. The Balaban J connectivity index is 0.00000225. The molecule has 1 aliphatic heterocycles. The van der Waals surface area contributed by atoms with Crippen molar-refractivity contribution in [2.45, 2.75) is 32.7 Å². The third-order valence-electron chi connectivity index (χ3n) is 2.41. The van der Waals surface area contributed by atoms with Gasteiger partial charge in [0.25, 0.3) is 0 Å². The lowest BCUT2D eigenvalue weighted by atomic mass is 10.2. The Morgan fingerprint density at radius 3 is 2.87 bits per heavy atom. The molecule has 1 fully saturated rings. The van der Waals surface area contributed by atoms with Crippen molar-refractivity contribution in [3.63, 3.8) is 0 Å². The molecular weight excluding hydrogens is 196 g/mol. The first-order valence-corrected chi connectivity index (χ1v) is 5.41. The van der Waals surface area contributed by atoms with E-state index in [9.17, 15) is 9.59 Å². The normalized spacial score (nSPS) is 20.1. The van der Waals surface area contributed by atoms with E-state index in [1.807, 2.05) is 6.92 Å². The molecule has 0 aromatic rings. The van der Waals surface area contributed by atoms with Crippen molar-refractivity contribution in [1.82, 2.24) is 10.2 Å². The molecule has 0 aromatic heterocycles. The van der Waals surface area contributed by atoms with E-state index >= 15 is 0 Å². The number of rotatable bonds is 3. The average Bonchev–Trinajstić information content (AvgIpc) is 2.66. The summed E-state index contributed by atoms with van der Waals surface area (Å²) in [6, 6.07) is -0.344. The molecule has 1 unspecified atom stereocenters. The Hall–Kier alpha value is -1.26. The van der Waals surface area contributed by atoms with Crippen molar-refractivity contribution in [1.29, 1.82) is 0 Å². The van der Waals surface area contributed by atoms with E-state index in [1.54, 1.807) is 6.92 Å². The molecule has 0 spiro atoms. The maximum Gasteiger partial charge on any atom is 0.410 e. The lowest BCUT2D eigenvalue weighted by molar-refractivity contribution is -0.125. The minimum atomic E-state index is -0.383. The molecule has 1 N–H and O–H groups in total. The maximum absolute atomic E-state index is 11.6. The third-order valence-corrected chi connectivity index (χ3v) is 2.41. The highest BCUT2D eigenvalue weighted by atomic mass is 16.6. The Morgan fingerprint density at radius 2 is 2.27 bits per heavy atom. The van der Waals surface area contributed by atoms with E-state index < -0.39 is 0 Å². The standard InChI is InChI=1S/C10H18N2O3.H2/c1-3-11-9(13)8-6-5-7-12(8)10(14)15-4-2;/h8H,3-7H2,1-2H3,(H,11,13);1H. The SMILES string of the molecule is CCNC(=O)C1CCCN1C(=O)OCC.[HH]. The van der Waals surface area contributed by atoms with Gasteiger partial charge in [-0.1, -0.05) is 0 Å². The number of ether oxygens (including phenoxy) is 1. The molecule has 1 atom stereocenters. The van der Waals surface area contributed by atoms with E-state index in [0.717, 1.165) is 12.8 Å². The van der Waals surface area contributed by atoms with Gasteiger partial charge in [-0.15, -0.1) is 0 Å². The molecule has 1 heterocycles. The Labute approximate surface area is 91.2 Å². The largest absolute Gasteiger partial charge is 0.450 e. The highest BCUT2D eigenvalue weighted by molar-refractivity contribution is 5.86.